The third kappa shape index (κ3) is 2.54. The number of hydrogen-bond donors (Lipinski definition) is 1. The van der Waals surface area contributed by atoms with Gasteiger partial charge in [0, 0.05) is 12.5 Å². The molecule has 2 N–H and O–H groups in total. The van der Waals surface area contributed by atoms with Crippen LogP contribution < -0.4 is 10.5 Å². The summed E-state index contributed by atoms with van der Waals surface area (Å²) >= 11 is 0. The van der Waals surface area contributed by atoms with Crippen LogP contribution in [0, 0.1) is 6.92 Å². The molecule has 1 saturated heterocycles. The number of aryl methyl sites for hydroxylation is 1. The van der Waals surface area contributed by atoms with Gasteiger partial charge in [0.1, 0.15) is 11.9 Å². The molecule has 88 valence electrons. The van der Waals surface area contributed by atoms with Gasteiger partial charge in [-0.1, -0.05) is 12.1 Å². The van der Waals surface area contributed by atoms with Crippen LogP contribution in [0.1, 0.15) is 30.5 Å². The fraction of sp³-hybridized carbons (Fsp3) is 0.538. The first-order chi connectivity index (χ1) is 7.66. The summed E-state index contributed by atoms with van der Waals surface area (Å²) < 4.78 is 11.2. The standard InChI is InChI=1S/C13H19NO2/c1-9-7-11(10(2)14)3-4-13(9)16-12-5-6-15-8-12/h3-4,7,10,12H,5-6,8,14H2,1-2H3/t10-,12?/m0/s1. The minimum absolute atomic E-state index is 0.0718. The van der Waals surface area contributed by atoms with Crippen LogP contribution in [-0.2, 0) is 4.74 Å². The summed E-state index contributed by atoms with van der Waals surface area (Å²) in [5.41, 5.74) is 8.12. The molecule has 2 atom stereocenters. The molecular formula is C13H19NO2. The van der Waals surface area contributed by atoms with Crippen molar-refractivity contribution in [2.75, 3.05) is 13.2 Å². The minimum atomic E-state index is 0.0718. The molecule has 0 aromatic heterocycles. The van der Waals surface area contributed by atoms with Crippen molar-refractivity contribution in [1.82, 2.24) is 0 Å². The zero-order valence-electron chi connectivity index (χ0n) is 9.90. The van der Waals surface area contributed by atoms with Gasteiger partial charge in [-0.3, -0.25) is 0 Å². The van der Waals surface area contributed by atoms with Gasteiger partial charge < -0.3 is 15.2 Å². The molecule has 1 aliphatic heterocycles. The largest absolute Gasteiger partial charge is 0.488 e. The van der Waals surface area contributed by atoms with Crippen molar-refractivity contribution in [2.24, 2.45) is 5.73 Å². The molecular weight excluding hydrogens is 202 g/mol. The van der Waals surface area contributed by atoms with Crippen LogP contribution in [0.25, 0.3) is 0 Å². The molecule has 1 fully saturated rings. The van der Waals surface area contributed by atoms with Gasteiger partial charge in [-0.2, -0.15) is 0 Å². The zero-order valence-corrected chi connectivity index (χ0v) is 9.90. The highest BCUT2D eigenvalue weighted by Crippen LogP contribution is 2.24. The van der Waals surface area contributed by atoms with Gasteiger partial charge >= 0.3 is 0 Å². The first-order valence-corrected chi connectivity index (χ1v) is 5.77. The van der Waals surface area contributed by atoms with Crippen LogP contribution in [0.15, 0.2) is 18.2 Å². The molecule has 2 rings (SSSR count). The second-order valence-corrected chi connectivity index (χ2v) is 4.42. The van der Waals surface area contributed by atoms with Crippen molar-refractivity contribution in [1.29, 1.82) is 0 Å². The van der Waals surface area contributed by atoms with Gasteiger partial charge in [0.05, 0.1) is 13.2 Å². The molecule has 0 amide bonds. The SMILES string of the molecule is Cc1cc([C@H](C)N)ccc1OC1CCOC1. The van der Waals surface area contributed by atoms with E-state index in [2.05, 4.69) is 13.0 Å². The number of rotatable bonds is 3. The topological polar surface area (TPSA) is 44.5 Å². The van der Waals surface area contributed by atoms with E-state index in [4.69, 9.17) is 15.2 Å². The highest BCUT2D eigenvalue weighted by Gasteiger charge is 2.18. The Morgan fingerprint density at radius 1 is 1.50 bits per heavy atom. The van der Waals surface area contributed by atoms with E-state index in [-0.39, 0.29) is 12.1 Å². The summed E-state index contributed by atoms with van der Waals surface area (Å²) in [4.78, 5) is 0. The average molecular weight is 221 g/mol. The van der Waals surface area contributed by atoms with Crippen LogP contribution in [0.5, 0.6) is 5.75 Å². The lowest BCUT2D eigenvalue weighted by atomic mass is 10.1. The second-order valence-electron chi connectivity index (χ2n) is 4.42. The molecule has 1 heterocycles. The molecule has 16 heavy (non-hydrogen) atoms. The Morgan fingerprint density at radius 3 is 2.88 bits per heavy atom. The van der Waals surface area contributed by atoms with Gasteiger partial charge in [-0.25, -0.2) is 0 Å². The molecule has 1 aromatic rings. The maximum atomic E-state index is 5.87. The van der Waals surface area contributed by atoms with Gasteiger partial charge in [0.15, 0.2) is 0 Å². The molecule has 0 bridgehead atoms. The Hall–Kier alpha value is -1.06. The highest BCUT2D eigenvalue weighted by atomic mass is 16.5. The molecule has 0 saturated carbocycles. The smallest absolute Gasteiger partial charge is 0.124 e. The van der Waals surface area contributed by atoms with Crippen molar-refractivity contribution in [2.45, 2.75) is 32.4 Å². The van der Waals surface area contributed by atoms with Gasteiger partial charge in [-0.15, -0.1) is 0 Å². The maximum Gasteiger partial charge on any atom is 0.124 e. The van der Waals surface area contributed by atoms with E-state index in [0.29, 0.717) is 6.61 Å². The molecule has 1 unspecified atom stereocenters. The van der Waals surface area contributed by atoms with E-state index >= 15 is 0 Å². The Morgan fingerprint density at radius 2 is 2.31 bits per heavy atom. The Bertz CT molecular complexity index is 357. The van der Waals surface area contributed by atoms with Crippen molar-refractivity contribution in [3.05, 3.63) is 29.3 Å². The number of nitrogens with two attached hydrogens (primary N) is 1. The van der Waals surface area contributed by atoms with E-state index in [9.17, 15) is 0 Å². The first kappa shape index (κ1) is 11.4. The zero-order chi connectivity index (χ0) is 11.5. The van der Waals surface area contributed by atoms with E-state index in [1.165, 1.54) is 0 Å². The molecule has 1 aliphatic rings. The fourth-order valence-electron chi connectivity index (χ4n) is 1.87. The lowest BCUT2D eigenvalue weighted by molar-refractivity contribution is 0.141. The van der Waals surface area contributed by atoms with Gasteiger partial charge in [-0.05, 0) is 31.0 Å². The predicted molar refractivity (Wildman–Crippen MR) is 63.6 cm³/mol. The third-order valence-electron chi connectivity index (χ3n) is 2.91. The Balaban J connectivity index is 2.09. The van der Waals surface area contributed by atoms with Crippen LogP contribution in [0.2, 0.25) is 0 Å². The van der Waals surface area contributed by atoms with Crippen molar-refractivity contribution < 1.29 is 9.47 Å². The van der Waals surface area contributed by atoms with E-state index in [1.54, 1.807) is 0 Å². The third-order valence-corrected chi connectivity index (χ3v) is 2.91. The Kier molecular flexibility index (Phi) is 3.46. The predicted octanol–water partition coefficient (Wildman–Crippen LogP) is 2.18. The van der Waals surface area contributed by atoms with E-state index in [1.807, 2.05) is 19.1 Å². The van der Waals surface area contributed by atoms with Crippen LogP contribution in [0.4, 0.5) is 0 Å². The molecule has 0 spiro atoms. The van der Waals surface area contributed by atoms with Crippen LogP contribution >= 0.6 is 0 Å². The average Bonchev–Trinajstić information content (AvgIpc) is 2.73. The first-order valence-electron chi connectivity index (χ1n) is 5.77. The summed E-state index contributed by atoms with van der Waals surface area (Å²) in [6.07, 6.45) is 1.19. The lowest BCUT2D eigenvalue weighted by Crippen LogP contribution is -2.16. The fourth-order valence-corrected chi connectivity index (χ4v) is 1.87. The number of ether oxygens (including phenoxy) is 2. The second kappa shape index (κ2) is 4.85. The van der Waals surface area contributed by atoms with Crippen molar-refractivity contribution in [3.8, 4) is 5.75 Å². The van der Waals surface area contributed by atoms with Crippen molar-refractivity contribution >= 4 is 0 Å². The van der Waals surface area contributed by atoms with Gasteiger partial charge in [0.25, 0.3) is 0 Å². The van der Waals surface area contributed by atoms with Crippen LogP contribution in [0.3, 0.4) is 0 Å². The van der Waals surface area contributed by atoms with E-state index < -0.39 is 0 Å². The van der Waals surface area contributed by atoms with E-state index in [0.717, 1.165) is 29.9 Å². The summed E-state index contributed by atoms with van der Waals surface area (Å²) in [6, 6.07) is 6.20. The molecule has 0 radical (unpaired) electrons. The molecule has 3 nitrogen and oxygen atoms in total. The Labute approximate surface area is 96.5 Å². The molecule has 1 aromatic carbocycles. The van der Waals surface area contributed by atoms with Crippen molar-refractivity contribution in [3.63, 3.8) is 0 Å². The summed E-state index contributed by atoms with van der Waals surface area (Å²) in [6.45, 7) is 5.55. The monoisotopic (exact) mass is 221 g/mol. The van der Waals surface area contributed by atoms with Crippen LogP contribution in [-0.4, -0.2) is 19.3 Å². The number of benzene rings is 1. The molecule has 3 heteroatoms. The highest BCUT2D eigenvalue weighted by molar-refractivity contribution is 5.37. The normalized spacial score (nSPS) is 22.1. The maximum absolute atomic E-state index is 5.87. The summed E-state index contributed by atoms with van der Waals surface area (Å²) in [7, 11) is 0. The van der Waals surface area contributed by atoms with Gasteiger partial charge in [0.2, 0.25) is 0 Å². The lowest BCUT2D eigenvalue weighted by Gasteiger charge is -2.15. The summed E-state index contributed by atoms with van der Waals surface area (Å²) in [5.74, 6) is 0.944. The summed E-state index contributed by atoms with van der Waals surface area (Å²) in [5, 5.41) is 0. The quantitative estimate of drug-likeness (QED) is 0.850. The minimum Gasteiger partial charge on any atom is -0.488 e. The number of hydrogen-bond acceptors (Lipinski definition) is 3. The molecule has 0 aliphatic carbocycles.